The van der Waals surface area contributed by atoms with E-state index in [1.807, 2.05) is 13.0 Å². The number of nitrogens with zero attached hydrogens (tertiary/aromatic N) is 5. The molecule has 9 heteroatoms. The zero-order valence-corrected chi connectivity index (χ0v) is 13.1. The molecule has 0 aromatic carbocycles. The maximum Gasteiger partial charge on any atom is 0.315 e. The first kappa shape index (κ1) is 16.5. The Labute approximate surface area is 133 Å². The molecule has 0 bridgehead atoms. The zero-order chi connectivity index (χ0) is 17.0. The molecule has 1 aliphatic rings. The van der Waals surface area contributed by atoms with Crippen LogP contribution in [0.1, 0.15) is 19.0 Å². The van der Waals surface area contributed by atoms with Gasteiger partial charge in [-0.2, -0.15) is 10.4 Å². The van der Waals surface area contributed by atoms with Crippen molar-refractivity contribution in [3.8, 4) is 6.07 Å². The average molecular weight is 318 g/mol. The molecule has 0 aliphatic carbocycles. The molecule has 1 aliphatic heterocycles. The van der Waals surface area contributed by atoms with Gasteiger partial charge in [0, 0.05) is 18.3 Å². The topological polar surface area (TPSA) is 111 Å². The van der Waals surface area contributed by atoms with Crippen LogP contribution in [-0.4, -0.2) is 57.1 Å². The molecule has 1 saturated heterocycles. The van der Waals surface area contributed by atoms with Crippen molar-refractivity contribution in [3.05, 3.63) is 11.8 Å². The molecule has 23 heavy (non-hydrogen) atoms. The first-order valence-electron chi connectivity index (χ1n) is 7.25. The van der Waals surface area contributed by atoms with Crippen molar-refractivity contribution >= 4 is 23.5 Å². The van der Waals surface area contributed by atoms with Crippen LogP contribution in [0.5, 0.6) is 0 Å². The summed E-state index contributed by atoms with van der Waals surface area (Å²) in [7, 11) is 0. The minimum Gasteiger partial charge on any atom is -0.324 e. The number of nitrogens with one attached hydrogen (secondary N) is 1. The van der Waals surface area contributed by atoms with E-state index in [-0.39, 0.29) is 24.9 Å². The van der Waals surface area contributed by atoms with Crippen molar-refractivity contribution in [1.29, 1.82) is 5.26 Å². The Morgan fingerprint density at radius 1 is 1.48 bits per heavy atom. The summed E-state index contributed by atoms with van der Waals surface area (Å²) in [5.41, 5.74) is 0.775. The number of rotatable bonds is 4. The van der Waals surface area contributed by atoms with E-state index in [0.717, 1.165) is 5.69 Å². The lowest BCUT2D eigenvalue weighted by Crippen LogP contribution is -2.39. The summed E-state index contributed by atoms with van der Waals surface area (Å²) in [5.74, 6) is -1.53. The van der Waals surface area contributed by atoms with Gasteiger partial charge in [-0.05, 0) is 13.8 Å². The van der Waals surface area contributed by atoms with Crippen LogP contribution in [0.2, 0.25) is 0 Å². The van der Waals surface area contributed by atoms with Gasteiger partial charge in [0.05, 0.1) is 25.7 Å². The first-order chi connectivity index (χ1) is 11.0. The van der Waals surface area contributed by atoms with E-state index >= 15 is 0 Å². The monoisotopic (exact) mass is 318 g/mol. The number of hydrogen-bond donors (Lipinski definition) is 1. The summed E-state index contributed by atoms with van der Waals surface area (Å²) in [6.45, 7) is 4.54. The highest BCUT2D eigenvalue weighted by Gasteiger charge is 2.33. The Bertz CT molecular complexity index is 675. The molecular weight excluding hydrogens is 300 g/mol. The summed E-state index contributed by atoms with van der Waals surface area (Å²) in [5, 5.41) is 15.1. The van der Waals surface area contributed by atoms with E-state index in [2.05, 4.69) is 10.4 Å². The standard InChI is InChI=1S/C14H18N6O3/c1-3-18-9-19(8-12(18)21)14(23)13(22)16-11-7-10(2)20(17-11)6-4-5-15/h7H,3-4,6,8-9H2,1-2H3,(H,16,17,22). The minimum atomic E-state index is -0.833. The third-order valence-corrected chi connectivity index (χ3v) is 3.54. The fraction of sp³-hybridized carbons (Fsp3) is 0.500. The third-order valence-electron chi connectivity index (χ3n) is 3.54. The minimum absolute atomic E-state index is 0.0876. The third kappa shape index (κ3) is 3.66. The Balaban J connectivity index is 1.98. The van der Waals surface area contributed by atoms with Crippen LogP contribution < -0.4 is 5.32 Å². The van der Waals surface area contributed by atoms with Gasteiger partial charge in [0.1, 0.15) is 6.54 Å². The van der Waals surface area contributed by atoms with Gasteiger partial charge in [0.25, 0.3) is 0 Å². The van der Waals surface area contributed by atoms with Crippen molar-refractivity contribution in [3.63, 3.8) is 0 Å². The van der Waals surface area contributed by atoms with Crippen LogP contribution in [0.4, 0.5) is 5.82 Å². The number of aromatic nitrogens is 2. The molecule has 0 radical (unpaired) electrons. The number of hydrogen-bond acceptors (Lipinski definition) is 5. The van der Waals surface area contributed by atoms with Crippen LogP contribution in [0.3, 0.4) is 0 Å². The van der Waals surface area contributed by atoms with E-state index in [0.29, 0.717) is 19.5 Å². The Hall–Kier alpha value is -2.89. The van der Waals surface area contributed by atoms with E-state index in [1.54, 1.807) is 17.7 Å². The molecule has 3 amide bonds. The molecule has 1 aromatic rings. The van der Waals surface area contributed by atoms with Gasteiger partial charge >= 0.3 is 11.8 Å². The van der Waals surface area contributed by atoms with Gasteiger partial charge in [-0.15, -0.1) is 0 Å². The van der Waals surface area contributed by atoms with Gasteiger partial charge in [-0.3, -0.25) is 19.1 Å². The van der Waals surface area contributed by atoms with Crippen molar-refractivity contribution in [2.45, 2.75) is 26.8 Å². The van der Waals surface area contributed by atoms with Crippen LogP contribution in [0.15, 0.2) is 6.07 Å². The van der Waals surface area contributed by atoms with Crippen LogP contribution in [-0.2, 0) is 20.9 Å². The fourth-order valence-electron chi connectivity index (χ4n) is 2.28. The van der Waals surface area contributed by atoms with Crippen LogP contribution in [0, 0.1) is 18.3 Å². The molecule has 122 valence electrons. The Kier molecular flexibility index (Phi) is 4.95. The second kappa shape index (κ2) is 6.91. The van der Waals surface area contributed by atoms with E-state index in [9.17, 15) is 14.4 Å². The van der Waals surface area contributed by atoms with Gasteiger partial charge in [-0.1, -0.05) is 0 Å². The Morgan fingerprint density at radius 2 is 2.22 bits per heavy atom. The second-order valence-corrected chi connectivity index (χ2v) is 5.15. The van der Waals surface area contributed by atoms with Crippen LogP contribution in [0.25, 0.3) is 0 Å². The molecule has 1 fully saturated rings. The maximum absolute atomic E-state index is 12.1. The Morgan fingerprint density at radius 3 is 2.83 bits per heavy atom. The molecule has 0 spiro atoms. The number of carbonyl (C=O) groups excluding carboxylic acids is 3. The van der Waals surface area contributed by atoms with Gasteiger partial charge < -0.3 is 15.1 Å². The van der Waals surface area contributed by atoms with Gasteiger partial charge in [0.15, 0.2) is 5.82 Å². The number of carbonyl (C=O) groups is 3. The average Bonchev–Trinajstić information content (AvgIpc) is 3.06. The molecular formula is C14H18N6O3. The largest absolute Gasteiger partial charge is 0.324 e. The summed E-state index contributed by atoms with van der Waals surface area (Å²) < 4.78 is 1.58. The highest BCUT2D eigenvalue weighted by Crippen LogP contribution is 2.11. The number of nitriles is 1. The van der Waals surface area contributed by atoms with Crippen molar-refractivity contribution < 1.29 is 14.4 Å². The maximum atomic E-state index is 12.1. The van der Waals surface area contributed by atoms with E-state index in [4.69, 9.17) is 5.26 Å². The van der Waals surface area contributed by atoms with Crippen LogP contribution >= 0.6 is 0 Å². The summed E-state index contributed by atoms with van der Waals surface area (Å²) in [6, 6.07) is 3.64. The molecule has 9 nitrogen and oxygen atoms in total. The lowest BCUT2D eigenvalue weighted by atomic mass is 10.4. The summed E-state index contributed by atoms with van der Waals surface area (Å²) >= 11 is 0. The summed E-state index contributed by atoms with van der Waals surface area (Å²) in [4.78, 5) is 38.4. The molecule has 0 atom stereocenters. The molecule has 1 N–H and O–H groups in total. The second-order valence-electron chi connectivity index (χ2n) is 5.15. The SMILES string of the molecule is CCN1CN(C(=O)C(=O)Nc2cc(C)n(CCC#N)n2)CC1=O. The number of amides is 3. The van der Waals surface area contributed by atoms with Crippen molar-refractivity contribution in [2.75, 3.05) is 25.1 Å². The smallest absolute Gasteiger partial charge is 0.315 e. The first-order valence-corrected chi connectivity index (χ1v) is 7.25. The fourth-order valence-corrected chi connectivity index (χ4v) is 2.28. The molecule has 2 heterocycles. The van der Waals surface area contributed by atoms with E-state index < -0.39 is 11.8 Å². The summed E-state index contributed by atoms with van der Waals surface area (Å²) in [6.07, 6.45) is 0.303. The predicted octanol–water partition coefficient (Wildman–Crippen LogP) is -0.308. The zero-order valence-electron chi connectivity index (χ0n) is 13.1. The van der Waals surface area contributed by atoms with Crippen molar-refractivity contribution in [2.24, 2.45) is 0 Å². The van der Waals surface area contributed by atoms with Crippen molar-refractivity contribution in [1.82, 2.24) is 19.6 Å². The molecule has 2 rings (SSSR count). The van der Waals surface area contributed by atoms with E-state index in [1.165, 1.54) is 9.80 Å². The number of anilines is 1. The number of aryl methyl sites for hydroxylation is 2. The lowest BCUT2D eigenvalue weighted by Gasteiger charge is -2.15. The van der Waals surface area contributed by atoms with Gasteiger partial charge in [-0.25, -0.2) is 0 Å². The highest BCUT2D eigenvalue weighted by molar-refractivity contribution is 6.39. The highest BCUT2D eigenvalue weighted by atomic mass is 16.2. The van der Waals surface area contributed by atoms with Gasteiger partial charge in [0.2, 0.25) is 5.91 Å². The molecule has 0 unspecified atom stereocenters. The predicted molar refractivity (Wildman–Crippen MR) is 79.8 cm³/mol. The molecule has 0 saturated carbocycles. The normalized spacial score (nSPS) is 14.0. The quantitative estimate of drug-likeness (QED) is 0.766. The molecule has 1 aromatic heterocycles. The lowest BCUT2D eigenvalue weighted by molar-refractivity contribution is -0.142. The number of likely N-dealkylation sites (N-methyl/N-ethyl adjacent to an activating group) is 1.